The Morgan fingerprint density at radius 2 is 2.20 bits per heavy atom. The summed E-state index contributed by atoms with van der Waals surface area (Å²) in [4.78, 5) is 9.44. The third kappa shape index (κ3) is 2.52. The van der Waals surface area contributed by atoms with Crippen molar-refractivity contribution < 1.29 is 0 Å². The lowest BCUT2D eigenvalue weighted by Gasteiger charge is -2.24. The van der Waals surface area contributed by atoms with Gasteiger partial charge in [0.15, 0.2) is 0 Å². The highest BCUT2D eigenvalue weighted by molar-refractivity contribution is 8.04. The molecule has 0 saturated heterocycles. The molecule has 20 heavy (non-hydrogen) atoms. The fourth-order valence-electron chi connectivity index (χ4n) is 2.42. The summed E-state index contributed by atoms with van der Waals surface area (Å²) >= 11 is 7.65. The average molecular weight is 305 g/mol. The number of allylic oxidation sites excluding steroid dienone is 4. The van der Waals surface area contributed by atoms with Gasteiger partial charge >= 0.3 is 0 Å². The Morgan fingerprint density at radius 1 is 1.35 bits per heavy atom. The SMILES string of the molecule is CN(C)c1cccc2c1N=C1C=CC(CCCl)C=C1S2. The monoisotopic (exact) mass is 304 g/mol. The second kappa shape index (κ2) is 5.66. The van der Waals surface area contributed by atoms with Crippen LogP contribution in [0.2, 0.25) is 0 Å². The van der Waals surface area contributed by atoms with E-state index in [2.05, 4.69) is 55.4 Å². The van der Waals surface area contributed by atoms with Gasteiger partial charge in [0.25, 0.3) is 0 Å². The average Bonchev–Trinajstić information content (AvgIpc) is 2.44. The first-order valence-electron chi connectivity index (χ1n) is 6.72. The molecule has 1 aliphatic heterocycles. The van der Waals surface area contributed by atoms with Gasteiger partial charge in [-0.15, -0.1) is 11.6 Å². The van der Waals surface area contributed by atoms with E-state index in [0.717, 1.165) is 23.5 Å². The molecule has 0 bridgehead atoms. The standard InChI is InChI=1S/C16H17ClN2S/c1-19(2)13-4-3-5-14-16(13)18-12-7-6-11(8-9-17)10-15(12)20-14/h3-7,10-11H,8-9H2,1-2H3. The minimum Gasteiger partial charge on any atom is -0.376 e. The van der Waals surface area contributed by atoms with E-state index in [1.54, 1.807) is 0 Å². The first-order valence-corrected chi connectivity index (χ1v) is 8.07. The number of hydrogen-bond acceptors (Lipinski definition) is 3. The summed E-state index contributed by atoms with van der Waals surface area (Å²) in [5.74, 6) is 1.13. The number of anilines is 1. The van der Waals surface area contributed by atoms with Gasteiger partial charge < -0.3 is 4.90 Å². The molecule has 0 saturated carbocycles. The highest BCUT2D eigenvalue weighted by atomic mass is 35.5. The Labute approximate surface area is 129 Å². The molecule has 0 radical (unpaired) electrons. The predicted molar refractivity (Wildman–Crippen MR) is 89.8 cm³/mol. The van der Waals surface area contributed by atoms with Crippen molar-refractivity contribution in [2.24, 2.45) is 10.9 Å². The lowest BCUT2D eigenvalue weighted by Crippen LogP contribution is -2.12. The minimum absolute atomic E-state index is 0.438. The minimum atomic E-state index is 0.438. The van der Waals surface area contributed by atoms with Crippen LogP contribution >= 0.6 is 23.4 Å². The van der Waals surface area contributed by atoms with Gasteiger partial charge in [0.1, 0.15) is 5.69 Å². The molecule has 104 valence electrons. The third-order valence-electron chi connectivity index (χ3n) is 3.47. The number of nitrogens with zero attached hydrogens (tertiary/aromatic N) is 2. The molecule has 3 rings (SSSR count). The van der Waals surface area contributed by atoms with E-state index in [-0.39, 0.29) is 0 Å². The molecule has 1 aliphatic carbocycles. The van der Waals surface area contributed by atoms with Crippen LogP contribution in [0, 0.1) is 5.92 Å². The number of para-hydroxylation sites is 1. The maximum atomic E-state index is 5.84. The summed E-state index contributed by atoms with van der Waals surface area (Å²) in [6.45, 7) is 0. The van der Waals surface area contributed by atoms with Crippen LogP contribution in [0.25, 0.3) is 0 Å². The molecular formula is C16H17ClN2S. The van der Waals surface area contributed by atoms with Crippen LogP contribution in [0.3, 0.4) is 0 Å². The molecular weight excluding hydrogens is 288 g/mol. The van der Waals surface area contributed by atoms with E-state index in [9.17, 15) is 0 Å². The second-order valence-electron chi connectivity index (χ2n) is 5.15. The van der Waals surface area contributed by atoms with Gasteiger partial charge in [0.2, 0.25) is 0 Å². The van der Waals surface area contributed by atoms with E-state index in [4.69, 9.17) is 16.6 Å². The zero-order valence-corrected chi connectivity index (χ0v) is 13.2. The van der Waals surface area contributed by atoms with E-state index in [1.807, 2.05) is 11.8 Å². The second-order valence-corrected chi connectivity index (χ2v) is 6.61. The van der Waals surface area contributed by atoms with Crippen molar-refractivity contribution in [3.8, 4) is 0 Å². The maximum absolute atomic E-state index is 5.84. The molecule has 0 aromatic heterocycles. The van der Waals surface area contributed by atoms with E-state index in [1.165, 1.54) is 9.80 Å². The van der Waals surface area contributed by atoms with Crippen LogP contribution in [0.4, 0.5) is 11.4 Å². The van der Waals surface area contributed by atoms with E-state index in [0.29, 0.717) is 11.8 Å². The highest BCUT2D eigenvalue weighted by Crippen LogP contribution is 2.46. The number of thioether (sulfide) groups is 1. The Kier molecular flexibility index (Phi) is 3.90. The number of benzene rings is 1. The topological polar surface area (TPSA) is 15.6 Å². The number of hydrogen-bond donors (Lipinski definition) is 0. The molecule has 0 N–H and O–H groups in total. The molecule has 0 amide bonds. The Bertz CT molecular complexity index is 617. The van der Waals surface area contributed by atoms with E-state index < -0.39 is 0 Å². The summed E-state index contributed by atoms with van der Waals surface area (Å²) in [6, 6.07) is 6.35. The molecule has 1 heterocycles. The van der Waals surface area contributed by atoms with Crippen molar-refractivity contribution in [2.45, 2.75) is 11.3 Å². The molecule has 1 atom stereocenters. The zero-order chi connectivity index (χ0) is 14.1. The molecule has 1 aromatic carbocycles. The zero-order valence-electron chi connectivity index (χ0n) is 11.6. The first kappa shape index (κ1) is 13.8. The lowest BCUT2D eigenvalue weighted by atomic mass is 9.99. The summed E-state index contributed by atoms with van der Waals surface area (Å²) in [5, 5.41) is 0. The molecule has 4 heteroatoms. The Morgan fingerprint density at radius 3 is 2.95 bits per heavy atom. The fraction of sp³-hybridized carbons (Fsp3) is 0.312. The Balaban J connectivity index is 2.01. The van der Waals surface area contributed by atoms with Gasteiger partial charge in [0.05, 0.1) is 11.4 Å². The third-order valence-corrected chi connectivity index (χ3v) is 4.81. The summed E-state index contributed by atoms with van der Waals surface area (Å²) in [5.41, 5.74) is 3.32. The van der Waals surface area contributed by atoms with Crippen LogP contribution in [0.1, 0.15) is 6.42 Å². The number of halogens is 1. The van der Waals surface area contributed by atoms with Crippen molar-refractivity contribution >= 4 is 40.4 Å². The first-order chi connectivity index (χ1) is 9.69. The van der Waals surface area contributed by atoms with E-state index >= 15 is 0 Å². The Hall–Kier alpha value is -1.19. The molecule has 1 aromatic rings. The van der Waals surface area contributed by atoms with Crippen LogP contribution in [0.15, 0.2) is 51.2 Å². The predicted octanol–water partition coefficient (Wildman–Crippen LogP) is 4.63. The number of aliphatic imine (C=N–C) groups is 1. The van der Waals surface area contributed by atoms with Gasteiger partial charge in [0, 0.05) is 29.8 Å². The van der Waals surface area contributed by atoms with Crippen molar-refractivity contribution in [3.63, 3.8) is 0 Å². The molecule has 0 fully saturated rings. The summed E-state index contributed by atoms with van der Waals surface area (Å²) < 4.78 is 0. The highest BCUT2D eigenvalue weighted by Gasteiger charge is 2.22. The maximum Gasteiger partial charge on any atom is 0.101 e. The molecule has 2 nitrogen and oxygen atoms in total. The number of alkyl halides is 1. The van der Waals surface area contributed by atoms with Gasteiger partial charge in [-0.25, -0.2) is 4.99 Å². The van der Waals surface area contributed by atoms with Crippen molar-refractivity contribution in [2.75, 3.05) is 24.9 Å². The van der Waals surface area contributed by atoms with Gasteiger partial charge in [-0.05, 0) is 30.5 Å². The van der Waals surface area contributed by atoms with Gasteiger partial charge in [-0.1, -0.05) is 30.0 Å². The molecule has 2 aliphatic rings. The van der Waals surface area contributed by atoms with Crippen LogP contribution in [0.5, 0.6) is 0 Å². The van der Waals surface area contributed by atoms with Crippen molar-refractivity contribution in [1.29, 1.82) is 0 Å². The van der Waals surface area contributed by atoms with Crippen molar-refractivity contribution in [1.82, 2.24) is 0 Å². The van der Waals surface area contributed by atoms with Crippen LogP contribution < -0.4 is 4.90 Å². The van der Waals surface area contributed by atoms with Gasteiger partial charge in [-0.3, -0.25) is 0 Å². The lowest BCUT2D eigenvalue weighted by molar-refractivity contribution is 0.777. The largest absolute Gasteiger partial charge is 0.376 e. The van der Waals surface area contributed by atoms with Crippen LogP contribution in [-0.2, 0) is 0 Å². The fourth-order valence-corrected chi connectivity index (χ4v) is 3.77. The van der Waals surface area contributed by atoms with Gasteiger partial charge in [-0.2, -0.15) is 0 Å². The summed E-state index contributed by atoms with van der Waals surface area (Å²) in [6.07, 6.45) is 7.61. The molecule has 1 unspecified atom stereocenters. The quantitative estimate of drug-likeness (QED) is 0.757. The molecule has 0 spiro atoms. The number of fused-ring (bicyclic) bond motifs is 2. The number of rotatable bonds is 3. The van der Waals surface area contributed by atoms with Crippen molar-refractivity contribution in [3.05, 3.63) is 41.3 Å². The van der Waals surface area contributed by atoms with Crippen LogP contribution in [-0.4, -0.2) is 25.7 Å². The normalized spacial score (nSPS) is 19.9. The smallest absolute Gasteiger partial charge is 0.101 e. The summed E-state index contributed by atoms with van der Waals surface area (Å²) in [7, 11) is 4.11.